The summed E-state index contributed by atoms with van der Waals surface area (Å²) in [6, 6.07) is 5.07. The van der Waals surface area contributed by atoms with E-state index in [9.17, 15) is 14.4 Å². The summed E-state index contributed by atoms with van der Waals surface area (Å²) >= 11 is 0. The zero-order valence-electron chi connectivity index (χ0n) is 19.3. The molecule has 2 aromatic rings. The van der Waals surface area contributed by atoms with E-state index in [1.54, 1.807) is 45.9 Å². The molecule has 1 amide bonds. The summed E-state index contributed by atoms with van der Waals surface area (Å²) in [4.78, 5) is 40.0. The number of hydrogen-bond acceptors (Lipinski definition) is 7. The van der Waals surface area contributed by atoms with Crippen LogP contribution in [0.2, 0.25) is 0 Å². The average Bonchev–Trinajstić information content (AvgIpc) is 3.02. The van der Waals surface area contributed by atoms with Crippen LogP contribution in [0.1, 0.15) is 59.8 Å². The molecule has 0 aliphatic carbocycles. The number of anilines is 1. The van der Waals surface area contributed by atoms with Crippen molar-refractivity contribution in [3.05, 3.63) is 40.7 Å². The fraction of sp³-hybridized carbons (Fsp3) is 0.435. The first kappa shape index (κ1) is 24.8. The lowest BCUT2D eigenvalue weighted by molar-refractivity contribution is -0.119. The largest absolute Gasteiger partial charge is 0.494 e. The van der Waals surface area contributed by atoms with Gasteiger partial charge in [0.25, 0.3) is 5.91 Å². The molecule has 0 saturated heterocycles. The fourth-order valence-corrected chi connectivity index (χ4v) is 3.07. The number of rotatable bonds is 10. The molecule has 0 radical (unpaired) electrons. The van der Waals surface area contributed by atoms with Crippen LogP contribution < -0.4 is 14.8 Å². The van der Waals surface area contributed by atoms with E-state index in [0.29, 0.717) is 41.7 Å². The summed E-state index contributed by atoms with van der Waals surface area (Å²) in [7, 11) is 0. The van der Waals surface area contributed by atoms with E-state index in [1.165, 1.54) is 0 Å². The van der Waals surface area contributed by atoms with Crippen LogP contribution in [0.25, 0.3) is 0 Å². The minimum absolute atomic E-state index is 0.0966. The molecule has 0 aliphatic heterocycles. The molecule has 9 nitrogen and oxygen atoms in total. The zero-order valence-corrected chi connectivity index (χ0v) is 19.3. The minimum Gasteiger partial charge on any atom is -0.494 e. The van der Waals surface area contributed by atoms with Crippen molar-refractivity contribution >= 4 is 23.5 Å². The van der Waals surface area contributed by atoms with Crippen molar-refractivity contribution in [3.8, 4) is 11.5 Å². The Kier molecular flexibility index (Phi) is 8.69. The average molecular weight is 447 g/mol. The molecule has 0 aliphatic rings. The van der Waals surface area contributed by atoms with Gasteiger partial charge in [-0.15, -0.1) is 0 Å². The lowest BCUT2D eigenvalue weighted by Crippen LogP contribution is -2.22. The van der Waals surface area contributed by atoms with Gasteiger partial charge in [0.15, 0.2) is 6.61 Å². The maximum atomic E-state index is 12.5. The summed E-state index contributed by atoms with van der Waals surface area (Å²) in [6.07, 6.45) is -0.293. The van der Waals surface area contributed by atoms with E-state index in [0.717, 1.165) is 0 Å². The van der Waals surface area contributed by atoms with E-state index < -0.39 is 24.5 Å². The number of hydrogen-bond donors (Lipinski definition) is 2. The molecule has 0 bridgehead atoms. The van der Waals surface area contributed by atoms with Crippen molar-refractivity contribution < 1.29 is 33.3 Å². The lowest BCUT2D eigenvalue weighted by atomic mass is 10.1. The van der Waals surface area contributed by atoms with Crippen LogP contribution in [0, 0.1) is 13.8 Å². The highest BCUT2D eigenvalue weighted by Gasteiger charge is 2.25. The van der Waals surface area contributed by atoms with Gasteiger partial charge in [0, 0.05) is 11.8 Å². The van der Waals surface area contributed by atoms with Gasteiger partial charge >= 0.3 is 11.9 Å². The predicted octanol–water partition coefficient (Wildman–Crippen LogP) is 3.79. The Balaban J connectivity index is 2.07. The van der Waals surface area contributed by atoms with Gasteiger partial charge in [0.2, 0.25) is 0 Å². The maximum Gasteiger partial charge on any atom is 0.355 e. The Labute approximate surface area is 187 Å². The predicted molar refractivity (Wildman–Crippen MR) is 119 cm³/mol. The quantitative estimate of drug-likeness (QED) is 0.534. The Morgan fingerprint density at radius 1 is 1.03 bits per heavy atom. The fourth-order valence-electron chi connectivity index (χ4n) is 3.07. The molecule has 1 aromatic heterocycles. The van der Waals surface area contributed by atoms with Crippen molar-refractivity contribution in [2.75, 3.05) is 25.1 Å². The Morgan fingerprint density at radius 2 is 1.72 bits per heavy atom. The summed E-state index contributed by atoms with van der Waals surface area (Å²) < 4.78 is 21.3. The lowest BCUT2D eigenvalue weighted by Gasteiger charge is -2.13. The van der Waals surface area contributed by atoms with Gasteiger partial charge in [-0.3, -0.25) is 4.79 Å². The zero-order chi connectivity index (χ0) is 23.8. The van der Waals surface area contributed by atoms with Gasteiger partial charge in [-0.1, -0.05) is 0 Å². The van der Waals surface area contributed by atoms with Crippen molar-refractivity contribution in [2.24, 2.45) is 0 Å². The third-order valence-corrected chi connectivity index (χ3v) is 4.36. The van der Waals surface area contributed by atoms with E-state index in [1.807, 2.05) is 13.8 Å². The van der Waals surface area contributed by atoms with E-state index in [2.05, 4.69) is 10.3 Å². The third kappa shape index (κ3) is 6.26. The van der Waals surface area contributed by atoms with Gasteiger partial charge in [-0.05, 0) is 59.2 Å². The number of amides is 1. The smallest absolute Gasteiger partial charge is 0.355 e. The summed E-state index contributed by atoms with van der Waals surface area (Å²) in [5.41, 5.74) is 1.67. The number of aromatic amines is 1. The topological polar surface area (TPSA) is 116 Å². The van der Waals surface area contributed by atoms with E-state index >= 15 is 0 Å². The summed E-state index contributed by atoms with van der Waals surface area (Å²) in [6.45, 7) is 10.8. The molecule has 1 aromatic carbocycles. The third-order valence-electron chi connectivity index (χ3n) is 4.36. The standard InChI is InChI=1S/C23H30N2O7/c1-7-29-16-9-10-18(30-8-2)17(11-16)25-19(26)12-31-23(28)21-14(5)20(15(6)24-21)22(27)32-13(3)4/h9-11,13,24H,7-8,12H2,1-6H3,(H,25,26). The summed E-state index contributed by atoms with van der Waals surface area (Å²) in [5, 5.41) is 2.67. The second kappa shape index (κ2) is 11.2. The Bertz CT molecular complexity index is 979. The number of nitrogens with one attached hydrogen (secondary N) is 2. The van der Waals surface area contributed by atoms with Gasteiger partial charge in [0.05, 0.1) is 30.6 Å². The number of carbonyl (C=O) groups is 3. The molecule has 32 heavy (non-hydrogen) atoms. The molecule has 0 atom stereocenters. The Hall–Kier alpha value is -3.49. The molecule has 0 spiro atoms. The van der Waals surface area contributed by atoms with Crippen LogP contribution in [0.15, 0.2) is 18.2 Å². The molecular formula is C23H30N2O7. The van der Waals surface area contributed by atoms with Gasteiger partial charge in [-0.2, -0.15) is 0 Å². The Morgan fingerprint density at radius 3 is 2.34 bits per heavy atom. The second-order valence-electron chi connectivity index (χ2n) is 7.23. The van der Waals surface area contributed by atoms with Crippen LogP contribution in [0.3, 0.4) is 0 Å². The SMILES string of the molecule is CCOc1ccc(OCC)c(NC(=O)COC(=O)c2[nH]c(C)c(C(=O)OC(C)C)c2C)c1. The van der Waals surface area contributed by atoms with Gasteiger partial charge < -0.3 is 29.2 Å². The van der Waals surface area contributed by atoms with E-state index in [-0.39, 0.29) is 17.4 Å². The first-order chi connectivity index (χ1) is 15.2. The molecule has 2 N–H and O–H groups in total. The first-order valence-electron chi connectivity index (χ1n) is 10.4. The molecule has 0 saturated carbocycles. The minimum atomic E-state index is -0.752. The van der Waals surface area contributed by atoms with Gasteiger partial charge in [0.1, 0.15) is 17.2 Å². The van der Waals surface area contributed by atoms with Crippen LogP contribution in [0.4, 0.5) is 5.69 Å². The number of aromatic nitrogens is 1. The molecule has 2 rings (SSSR count). The number of carbonyl (C=O) groups excluding carboxylic acids is 3. The van der Waals surface area contributed by atoms with Crippen LogP contribution in [-0.4, -0.2) is 48.8 Å². The molecule has 1 heterocycles. The number of esters is 2. The number of H-pyrrole nitrogens is 1. The van der Waals surface area contributed by atoms with Crippen LogP contribution in [0.5, 0.6) is 11.5 Å². The first-order valence-corrected chi connectivity index (χ1v) is 10.4. The van der Waals surface area contributed by atoms with Crippen molar-refractivity contribution in [3.63, 3.8) is 0 Å². The molecule has 174 valence electrons. The highest BCUT2D eigenvalue weighted by atomic mass is 16.5. The van der Waals surface area contributed by atoms with Crippen LogP contribution >= 0.6 is 0 Å². The van der Waals surface area contributed by atoms with Crippen molar-refractivity contribution in [1.29, 1.82) is 0 Å². The monoisotopic (exact) mass is 446 g/mol. The van der Waals surface area contributed by atoms with Crippen molar-refractivity contribution in [2.45, 2.75) is 47.6 Å². The van der Waals surface area contributed by atoms with Crippen LogP contribution in [-0.2, 0) is 14.3 Å². The van der Waals surface area contributed by atoms with E-state index in [4.69, 9.17) is 18.9 Å². The van der Waals surface area contributed by atoms with Gasteiger partial charge in [-0.25, -0.2) is 9.59 Å². The second-order valence-corrected chi connectivity index (χ2v) is 7.23. The molecule has 0 fully saturated rings. The normalized spacial score (nSPS) is 10.6. The maximum absolute atomic E-state index is 12.5. The number of aryl methyl sites for hydroxylation is 1. The molecule has 0 unspecified atom stereocenters. The summed E-state index contributed by atoms with van der Waals surface area (Å²) in [5.74, 6) is -0.784. The van der Waals surface area contributed by atoms with Crippen molar-refractivity contribution in [1.82, 2.24) is 4.98 Å². The molecular weight excluding hydrogens is 416 g/mol. The highest BCUT2D eigenvalue weighted by Crippen LogP contribution is 2.29. The number of ether oxygens (including phenoxy) is 4. The molecule has 9 heteroatoms. The highest BCUT2D eigenvalue weighted by molar-refractivity contribution is 6.00. The number of benzene rings is 1.